The first-order valence-corrected chi connectivity index (χ1v) is 7.21. The normalized spacial score (nSPS) is 20.4. The van der Waals surface area contributed by atoms with Gasteiger partial charge >= 0.3 is 0 Å². The van der Waals surface area contributed by atoms with Crippen LogP contribution < -0.4 is 5.73 Å². The van der Waals surface area contributed by atoms with Crippen LogP contribution in [0.15, 0.2) is 11.4 Å². The van der Waals surface area contributed by atoms with Crippen LogP contribution in [0.2, 0.25) is 0 Å². The standard InChI is InChI=1S/C14H20N2OS/c1-17-13-5-3-7-16(9-13)10-14-8-12(11-18-14)4-2-6-15/h8,11,13H,3,5-7,9-10,15H2,1H3. The van der Waals surface area contributed by atoms with E-state index in [-0.39, 0.29) is 0 Å². The molecule has 2 N–H and O–H groups in total. The summed E-state index contributed by atoms with van der Waals surface area (Å²) in [6.45, 7) is 3.64. The second-order valence-corrected chi connectivity index (χ2v) is 5.54. The van der Waals surface area contributed by atoms with Crippen molar-refractivity contribution in [2.45, 2.75) is 25.5 Å². The van der Waals surface area contributed by atoms with E-state index in [0.717, 1.165) is 18.7 Å². The van der Waals surface area contributed by atoms with E-state index in [1.807, 2.05) is 0 Å². The first-order chi connectivity index (χ1) is 8.81. The third-order valence-electron chi connectivity index (χ3n) is 3.16. The molecule has 1 unspecified atom stereocenters. The first-order valence-electron chi connectivity index (χ1n) is 6.33. The largest absolute Gasteiger partial charge is 0.380 e. The van der Waals surface area contributed by atoms with E-state index in [2.05, 4.69) is 28.2 Å². The maximum absolute atomic E-state index is 5.44. The number of thiophene rings is 1. The SMILES string of the molecule is COC1CCCN(Cc2cc(C#CCN)cs2)C1. The average Bonchev–Trinajstić information content (AvgIpc) is 2.84. The molecule has 0 aromatic carbocycles. The molecule has 1 aromatic heterocycles. The maximum Gasteiger partial charge on any atom is 0.0698 e. The summed E-state index contributed by atoms with van der Waals surface area (Å²) < 4.78 is 5.44. The van der Waals surface area contributed by atoms with Gasteiger partial charge in [0, 0.05) is 36.0 Å². The van der Waals surface area contributed by atoms with E-state index in [0.29, 0.717) is 12.6 Å². The predicted octanol–water partition coefficient (Wildman–Crippen LogP) is 1.67. The van der Waals surface area contributed by atoms with E-state index in [1.165, 1.54) is 24.3 Å². The zero-order valence-electron chi connectivity index (χ0n) is 10.8. The van der Waals surface area contributed by atoms with Crippen LogP contribution in [0.3, 0.4) is 0 Å². The second kappa shape index (κ2) is 6.91. The van der Waals surface area contributed by atoms with Crippen molar-refractivity contribution in [3.05, 3.63) is 21.9 Å². The molecule has 4 heteroatoms. The van der Waals surface area contributed by atoms with E-state index < -0.39 is 0 Å². The zero-order chi connectivity index (χ0) is 12.8. The van der Waals surface area contributed by atoms with Crippen LogP contribution in [-0.2, 0) is 11.3 Å². The van der Waals surface area contributed by atoms with Crippen molar-refractivity contribution in [2.24, 2.45) is 5.73 Å². The summed E-state index contributed by atoms with van der Waals surface area (Å²) >= 11 is 1.78. The maximum atomic E-state index is 5.44. The molecule has 98 valence electrons. The molecule has 1 saturated heterocycles. The number of methoxy groups -OCH3 is 1. The van der Waals surface area contributed by atoms with Crippen molar-refractivity contribution in [3.8, 4) is 11.8 Å². The summed E-state index contributed by atoms with van der Waals surface area (Å²) in [5.41, 5.74) is 6.45. The van der Waals surface area contributed by atoms with Crippen LogP contribution in [0, 0.1) is 11.8 Å². The number of hydrogen-bond acceptors (Lipinski definition) is 4. The van der Waals surface area contributed by atoms with Crippen LogP contribution in [0.1, 0.15) is 23.3 Å². The lowest BCUT2D eigenvalue weighted by Gasteiger charge is -2.31. The third kappa shape index (κ3) is 3.82. The summed E-state index contributed by atoms with van der Waals surface area (Å²) in [5, 5.41) is 2.11. The number of nitrogens with two attached hydrogens (primary N) is 1. The summed E-state index contributed by atoms with van der Waals surface area (Å²) in [7, 11) is 1.81. The Kier molecular flexibility index (Phi) is 5.21. The molecule has 0 radical (unpaired) electrons. The second-order valence-electron chi connectivity index (χ2n) is 4.54. The Morgan fingerprint density at radius 2 is 2.50 bits per heavy atom. The fourth-order valence-electron chi connectivity index (χ4n) is 2.25. The third-order valence-corrected chi connectivity index (χ3v) is 4.09. The van der Waals surface area contributed by atoms with Gasteiger partial charge in [-0.05, 0) is 25.5 Å². The van der Waals surface area contributed by atoms with Crippen molar-refractivity contribution < 1.29 is 4.74 Å². The highest BCUT2D eigenvalue weighted by Crippen LogP contribution is 2.19. The molecule has 1 atom stereocenters. The van der Waals surface area contributed by atoms with E-state index >= 15 is 0 Å². The Bertz CT molecular complexity index is 432. The summed E-state index contributed by atoms with van der Waals surface area (Å²) in [4.78, 5) is 3.83. The van der Waals surface area contributed by atoms with Gasteiger partial charge in [0.05, 0.1) is 12.6 Å². The van der Waals surface area contributed by atoms with Crippen LogP contribution >= 0.6 is 11.3 Å². The number of likely N-dealkylation sites (tertiary alicyclic amines) is 1. The van der Waals surface area contributed by atoms with E-state index in [1.54, 1.807) is 18.4 Å². The van der Waals surface area contributed by atoms with E-state index in [9.17, 15) is 0 Å². The number of ether oxygens (including phenoxy) is 1. The molecular weight excluding hydrogens is 244 g/mol. The molecular formula is C14H20N2OS. The van der Waals surface area contributed by atoms with Gasteiger partial charge in [-0.3, -0.25) is 4.90 Å². The minimum Gasteiger partial charge on any atom is -0.380 e. The number of piperidine rings is 1. The lowest BCUT2D eigenvalue weighted by atomic mass is 10.1. The van der Waals surface area contributed by atoms with Gasteiger partial charge in [-0.1, -0.05) is 11.8 Å². The van der Waals surface area contributed by atoms with Crippen LogP contribution in [0.5, 0.6) is 0 Å². The zero-order valence-corrected chi connectivity index (χ0v) is 11.6. The Hall–Kier alpha value is -0.860. The molecule has 3 nitrogen and oxygen atoms in total. The Balaban J connectivity index is 1.90. The number of nitrogens with zero attached hydrogens (tertiary/aromatic N) is 1. The smallest absolute Gasteiger partial charge is 0.0698 e. The molecule has 0 spiro atoms. The molecule has 1 aliphatic rings. The lowest BCUT2D eigenvalue weighted by Crippen LogP contribution is -2.38. The highest BCUT2D eigenvalue weighted by Gasteiger charge is 2.19. The quantitative estimate of drug-likeness (QED) is 0.844. The van der Waals surface area contributed by atoms with Gasteiger partial charge in [-0.2, -0.15) is 0 Å². The van der Waals surface area contributed by atoms with Crippen LogP contribution in [0.25, 0.3) is 0 Å². The number of rotatable bonds is 3. The molecule has 2 rings (SSSR count). The summed E-state index contributed by atoms with van der Waals surface area (Å²) in [6, 6.07) is 2.17. The Morgan fingerprint density at radius 1 is 1.61 bits per heavy atom. The van der Waals surface area contributed by atoms with Crippen molar-refractivity contribution in [3.63, 3.8) is 0 Å². The van der Waals surface area contributed by atoms with Gasteiger partial charge < -0.3 is 10.5 Å². The minimum atomic E-state index is 0.398. The molecule has 0 amide bonds. The summed E-state index contributed by atoms with van der Waals surface area (Å²) in [5.74, 6) is 5.96. The molecule has 1 fully saturated rings. The monoisotopic (exact) mass is 264 g/mol. The molecule has 0 aliphatic carbocycles. The predicted molar refractivity (Wildman–Crippen MR) is 75.6 cm³/mol. The fraction of sp³-hybridized carbons (Fsp3) is 0.571. The van der Waals surface area contributed by atoms with Crippen molar-refractivity contribution >= 4 is 11.3 Å². The molecule has 2 heterocycles. The van der Waals surface area contributed by atoms with Crippen LogP contribution in [0.4, 0.5) is 0 Å². The van der Waals surface area contributed by atoms with Gasteiger partial charge in [0.1, 0.15) is 0 Å². The van der Waals surface area contributed by atoms with Crippen LogP contribution in [-0.4, -0.2) is 37.7 Å². The first kappa shape index (κ1) is 13.6. The van der Waals surface area contributed by atoms with E-state index in [4.69, 9.17) is 10.5 Å². The van der Waals surface area contributed by atoms with Crippen molar-refractivity contribution in [2.75, 3.05) is 26.7 Å². The molecule has 0 bridgehead atoms. The number of hydrogen-bond donors (Lipinski definition) is 1. The Morgan fingerprint density at radius 3 is 3.28 bits per heavy atom. The topological polar surface area (TPSA) is 38.5 Å². The fourth-order valence-corrected chi connectivity index (χ4v) is 3.11. The van der Waals surface area contributed by atoms with Gasteiger partial charge in [0.15, 0.2) is 0 Å². The molecule has 1 aliphatic heterocycles. The average molecular weight is 264 g/mol. The lowest BCUT2D eigenvalue weighted by molar-refractivity contribution is 0.0289. The molecule has 18 heavy (non-hydrogen) atoms. The summed E-state index contributed by atoms with van der Waals surface area (Å²) in [6.07, 6.45) is 2.81. The van der Waals surface area contributed by atoms with Gasteiger partial charge in [0.25, 0.3) is 0 Å². The highest BCUT2D eigenvalue weighted by molar-refractivity contribution is 7.10. The van der Waals surface area contributed by atoms with Gasteiger partial charge in [-0.15, -0.1) is 11.3 Å². The van der Waals surface area contributed by atoms with Gasteiger partial charge in [0.2, 0.25) is 0 Å². The molecule has 1 aromatic rings. The highest BCUT2D eigenvalue weighted by atomic mass is 32.1. The van der Waals surface area contributed by atoms with Gasteiger partial charge in [-0.25, -0.2) is 0 Å². The van der Waals surface area contributed by atoms with Crippen molar-refractivity contribution in [1.82, 2.24) is 4.90 Å². The molecule has 0 saturated carbocycles. The Labute approximate surface area is 113 Å². The van der Waals surface area contributed by atoms with Crippen molar-refractivity contribution in [1.29, 1.82) is 0 Å². The minimum absolute atomic E-state index is 0.398.